The average molecular weight is 367 g/mol. The molecule has 0 unspecified atom stereocenters. The van der Waals surface area contributed by atoms with E-state index < -0.39 is 11.7 Å². The highest BCUT2D eigenvalue weighted by atomic mass is 35.5. The van der Waals surface area contributed by atoms with Crippen molar-refractivity contribution in [3.05, 3.63) is 57.8 Å². The standard InChI is InChI=1S/C17H13Cl2FN2O2/c18-12-5-3-10(8-13(12)19)17(24)21-11-4-6-15(14(20)9-11)22-7-1-2-16(22)23/h3-6,8-9H,1-2,7H2,(H,21,24). The molecule has 2 aromatic rings. The van der Waals surface area contributed by atoms with E-state index in [4.69, 9.17) is 23.2 Å². The van der Waals surface area contributed by atoms with Gasteiger partial charge < -0.3 is 10.2 Å². The van der Waals surface area contributed by atoms with Crippen LogP contribution in [0.5, 0.6) is 0 Å². The third-order valence-electron chi connectivity index (χ3n) is 3.75. The highest BCUT2D eigenvalue weighted by Crippen LogP contribution is 2.27. The number of hydrogen-bond acceptors (Lipinski definition) is 2. The number of carbonyl (C=O) groups is 2. The Hall–Kier alpha value is -2.11. The van der Waals surface area contributed by atoms with E-state index in [1.165, 1.54) is 35.2 Å². The van der Waals surface area contributed by atoms with Crippen LogP contribution in [-0.4, -0.2) is 18.4 Å². The van der Waals surface area contributed by atoms with Crippen molar-refractivity contribution >= 4 is 46.4 Å². The third kappa shape index (κ3) is 3.37. The Morgan fingerprint density at radius 1 is 1.12 bits per heavy atom. The first-order chi connectivity index (χ1) is 11.5. The van der Waals surface area contributed by atoms with E-state index in [2.05, 4.69) is 5.32 Å². The van der Waals surface area contributed by atoms with Gasteiger partial charge in [-0.1, -0.05) is 23.2 Å². The zero-order valence-corrected chi connectivity index (χ0v) is 14.0. The predicted octanol–water partition coefficient (Wildman–Crippen LogP) is 4.51. The summed E-state index contributed by atoms with van der Waals surface area (Å²) in [6.07, 6.45) is 1.14. The Labute approximate surface area is 148 Å². The summed E-state index contributed by atoms with van der Waals surface area (Å²) in [5.74, 6) is -1.09. The predicted molar refractivity (Wildman–Crippen MR) is 92.4 cm³/mol. The molecular formula is C17H13Cl2FN2O2. The molecule has 0 atom stereocenters. The third-order valence-corrected chi connectivity index (χ3v) is 4.49. The molecular weight excluding hydrogens is 354 g/mol. The molecule has 0 saturated carbocycles. The maximum absolute atomic E-state index is 14.3. The lowest BCUT2D eigenvalue weighted by atomic mass is 10.2. The lowest BCUT2D eigenvalue weighted by Crippen LogP contribution is -2.24. The molecule has 3 rings (SSSR count). The van der Waals surface area contributed by atoms with Crippen LogP contribution >= 0.6 is 23.2 Å². The van der Waals surface area contributed by atoms with Crippen LogP contribution < -0.4 is 10.2 Å². The molecule has 0 bridgehead atoms. The monoisotopic (exact) mass is 366 g/mol. The fraction of sp³-hybridized carbons (Fsp3) is 0.176. The fourth-order valence-corrected chi connectivity index (χ4v) is 2.85. The normalized spacial score (nSPS) is 14.1. The number of nitrogens with one attached hydrogen (secondary N) is 1. The molecule has 7 heteroatoms. The van der Waals surface area contributed by atoms with Crippen molar-refractivity contribution in [2.24, 2.45) is 0 Å². The first-order valence-corrected chi connectivity index (χ1v) is 8.07. The summed E-state index contributed by atoms with van der Waals surface area (Å²) < 4.78 is 14.3. The molecule has 2 aromatic carbocycles. The molecule has 1 aliphatic heterocycles. The number of halogens is 3. The van der Waals surface area contributed by atoms with E-state index in [9.17, 15) is 14.0 Å². The Kier molecular flexibility index (Phi) is 4.73. The van der Waals surface area contributed by atoms with Gasteiger partial charge in [-0.05, 0) is 42.8 Å². The molecule has 1 fully saturated rings. The Bertz CT molecular complexity index is 826. The van der Waals surface area contributed by atoms with E-state index in [1.807, 2.05) is 0 Å². The van der Waals surface area contributed by atoms with Gasteiger partial charge in [0.05, 0.1) is 15.7 Å². The minimum atomic E-state index is -0.558. The summed E-state index contributed by atoms with van der Waals surface area (Å²) in [5.41, 5.74) is 0.826. The van der Waals surface area contributed by atoms with Crippen LogP contribution in [0.4, 0.5) is 15.8 Å². The summed E-state index contributed by atoms with van der Waals surface area (Å²) >= 11 is 11.7. The van der Waals surface area contributed by atoms with Crippen LogP contribution in [0.1, 0.15) is 23.2 Å². The lowest BCUT2D eigenvalue weighted by Gasteiger charge is -2.17. The molecule has 0 aromatic heterocycles. The summed E-state index contributed by atoms with van der Waals surface area (Å²) in [5, 5.41) is 3.20. The Morgan fingerprint density at radius 3 is 2.54 bits per heavy atom. The van der Waals surface area contributed by atoms with Crippen LogP contribution in [0.25, 0.3) is 0 Å². The van der Waals surface area contributed by atoms with Crippen LogP contribution in [0, 0.1) is 5.82 Å². The number of rotatable bonds is 3. The van der Waals surface area contributed by atoms with Crippen molar-refractivity contribution in [2.45, 2.75) is 12.8 Å². The topological polar surface area (TPSA) is 49.4 Å². The Morgan fingerprint density at radius 2 is 1.92 bits per heavy atom. The molecule has 1 heterocycles. The first-order valence-electron chi connectivity index (χ1n) is 7.32. The average Bonchev–Trinajstić information content (AvgIpc) is 2.96. The summed E-state index contributed by atoms with van der Waals surface area (Å²) in [6, 6.07) is 8.71. The molecule has 0 spiro atoms. The van der Waals surface area contributed by atoms with Crippen LogP contribution in [0.15, 0.2) is 36.4 Å². The van der Waals surface area contributed by atoms with E-state index in [0.29, 0.717) is 35.7 Å². The number of benzene rings is 2. The molecule has 4 nitrogen and oxygen atoms in total. The number of carbonyl (C=O) groups excluding carboxylic acids is 2. The number of amides is 2. The zero-order valence-electron chi connectivity index (χ0n) is 12.5. The largest absolute Gasteiger partial charge is 0.322 e. The summed E-state index contributed by atoms with van der Waals surface area (Å²) in [4.78, 5) is 25.3. The van der Waals surface area contributed by atoms with Gasteiger partial charge in [0.25, 0.3) is 5.91 Å². The van der Waals surface area contributed by atoms with Gasteiger partial charge >= 0.3 is 0 Å². The molecule has 1 aliphatic rings. The molecule has 1 N–H and O–H groups in total. The van der Waals surface area contributed by atoms with Gasteiger partial charge in [-0.3, -0.25) is 9.59 Å². The second-order valence-electron chi connectivity index (χ2n) is 5.40. The fourth-order valence-electron chi connectivity index (χ4n) is 2.55. The number of hydrogen-bond donors (Lipinski definition) is 1. The van der Waals surface area contributed by atoms with Crippen molar-refractivity contribution in [1.82, 2.24) is 0 Å². The quantitative estimate of drug-likeness (QED) is 0.868. The van der Waals surface area contributed by atoms with Crippen molar-refractivity contribution in [1.29, 1.82) is 0 Å². The molecule has 1 saturated heterocycles. The lowest BCUT2D eigenvalue weighted by molar-refractivity contribution is -0.117. The SMILES string of the molecule is O=C(Nc1ccc(N2CCCC2=O)c(F)c1)c1ccc(Cl)c(Cl)c1. The highest BCUT2D eigenvalue weighted by Gasteiger charge is 2.24. The van der Waals surface area contributed by atoms with E-state index in [0.717, 1.165) is 0 Å². The van der Waals surface area contributed by atoms with Gasteiger partial charge in [0, 0.05) is 24.2 Å². The molecule has 2 amide bonds. The summed E-state index contributed by atoms with van der Waals surface area (Å²) in [6.45, 7) is 0.505. The van der Waals surface area contributed by atoms with E-state index in [-0.39, 0.29) is 16.6 Å². The molecule has 0 aliphatic carbocycles. The van der Waals surface area contributed by atoms with Crippen molar-refractivity contribution in [3.8, 4) is 0 Å². The van der Waals surface area contributed by atoms with Gasteiger partial charge in [0.15, 0.2) is 0 Å². The minimum Gasteiger partial charge on any atom is -0.322 e. The van der Waals surface area contributed by atoms with Crippen molar-refractivity contribution in [2.75, 3.05) is 16.8 Å². The van der Waals surface area contributed by atoms with Gasteiger partial charge in [0.2, 0.25) is 5.91 Å². The molecule has 0 radical (unpaired) electrons. The number of anilines is 2. The first kappa shape index (κ1) is 16.7. The second kappa shape index (κ2) is 6.79. The van der Waals surface area contributed by atoms with Gasteiger partial charge in [0.1, 0.15) is 5.82 Å². The zero-order chi connectivity index (χ0) is 17.3. The molecule has 124 valence electrons. The maximum Gasteiger partial charge on any atom is 0.255 e. The summed E-state index contributed by atoms with van der Waals surface area (Å²) in [7, 11) is 0. The van der Waals surface area contributed by atoms with Crippen LogP contribution in [0.2, 0.25) is 10.0 Å². The van der Waals surface area contributed by atoms with Crippen molar-refractivity contribution < 1.29 is 14.0 Å². The van der Waals surface area contributed by atoms with Crippen LogP contribution in [0.3, 0.4) is 0 Å². The van der Waals surface area contributed by atoms with Crippen molar-refractivity contribution in [3.63, 3.8) is 0 Å². The minimum absolute atomic E-state index is 0.0958. The van der Waals surface area contributed by atoms with Crippen LogP contribution in [-0.2, 0) is 4.79 Å². The second-order valence-corrected chi connectivity index (χ2v) is 6.21. The smallest absolute Gasteiger partial charge is 0.255 e. The van der Waals surface area contributed by atoms with Gasteiger partial charge in [-0.2, -0.15) is 0 Å². The maximum atomic E-state index is 14.3. The molecule has 24 heavy (non-hydrogen) atoms. The van der Waals surface area contributed by atoms with Gasteiger partial charge in [-0.15, -0.1) is 0 Å². The van der Waals surface area contributed by atoms with Gasteiger partial charge in [-0.25, -0.2) is 4.39 Å². The van der Waals surface area contributed by atoms with E-state index in [1.54, 1.807) is 6.07 Å². The highest BCUT2D eigenvalue weighted by molar-refractivity contribution is 6.42. The van der Waals surface area contributed by atoms with E-state index >= 15 is 0 Å². The number of nitrogens with zero attached hydrogens (tertiary/aromatic N) is 1. The Balaban J connectivity index is 1.78.